The molecule has 0 unspecified atom stereocenters. The Morgan fingerprint density at radius 1 is 1.24 bits per heavy atom. The highest BCUT2D eigenvalue weighted by atomic mass is 19.3. The summed E-state index contributed by atoms with van der Waals surface area (Å²) in [5, 5.41) is 3.05. The van der Waals surface area contributed by atoms with Crippen LogP contribution in [-0.2, 0) is 5.41 Å². The van der Waals surface area contributed by atoms with Gasteiger partial charge in [0.25, 0.3) is 12.3 Å². The van der Waals surface area contributed by atoms with Crippen LogP contribution in [0.25, 0.3) is 11.0 Å². The number of nitrogens with one attached hydrogen (secondary N) is 2. The Labute approximate surface area is 167 Å². The Bertz CT molecular complexity index is 1030. The van der Waals surface area contributed by atoms with E-state index in [1.807, 2.05) is 18.2 Å². The average Bonchev–Trinajstić information content (AvgIpc) is 3.39. The lowest BCUT2D eigenvalue weighted by Gasteiger charge is -2.31. The zero-order chi connectivity index (χ0) is 20.4. The SMILES string of the molecule is COc1ccccc1C1(CNC(=O)c2ccc3nc(C(F)F)[nH]c3c2)CCCC1. The summed E-state index contributed by atoms with van der Waals surface area (Å²) in [5.41, 5.74) is 2.20. The maximum Gasteiger partial charge on any atom is 0.295 e. The highest BCUT2D eigenvalue weighted by molar-refractivity contribution is 5.97. The first-order valence-corrected chi connectivity index (χ1v) is 9.72. The monoisotopic (exact) mass is 399 g/mol. The molecule has 1 saturated carbocycles. The normalized spacial score (nSPS) is 15.7. The van der Waals surface area contributed by atoms with Gasteiger partial charge >= 0.3 is 0 Å². The van der Waals surface area contributed by atoms with Gasteiger partial charge < -0.3 is 15.0 Å². The predicted octanol–water partition coefficient (Wildman–Crippen LogP) is 4.75. The molecule has 5 nitrogen and oxygen atoms in total. The van der Waals surface area contributed by atoms with Crippen molar-refractivity contribution < 1.29 is 18.3 Å². The third kappa shape index (κ3) is 3.69. The largest absolute Gasteiger partial charge is 0.496 e. The topological polar surface area (TPSA) is 67.0 Å². The van der Waals surface area contributed by atoms with E-state index in [1.54, 1.807) is 25.3 Å². The van der Waals surface area contributed by atoms with Crippen LogP contribution in [0.5, 0.6) is 5.75 Å². The summed E-state index contributed by atoms with van der Waals surface area (Å²) in [6, 6.07) is 12.7. The Kier molecular flexibility index (Phi) is 5.22. The van der Waals surface area contributed by atoms with Crippen LogP contribution in [0.1, 0.15) is 53.9 Å². The Balaban J connectivity index is 1.55. The molecule has 1 amide bonds. The lowest BCUT2D eigenvalue weighted by Crippen LogP contribution is -2.39. The Hall–Kier alpha value is -2.96. The van der Waals surface area contributed by atoms with Crippen LogP contribution >= 0.6 is 0 Å². The number of alkyl halides is 2. The van der Waals surface area contributed by atoms with E-state index in [1.165, 1.54) is 0 Å². The van der Waals surface area contributed by atoms with Crippen molar-refractivity contribution in [3.63, 3.8) is 0 Å². The molecule has 0 radical (unpaired) electrons. The number of aromatic amines is 1. The quantitative estimate of drug-likeness (QED) is 0.629. The number of fused-ring (bicyclic) bond motifs is 1. The van der Waals surface area contributed by atoms with Gasteiger partial charge in [-0.2, -0.15) is 0 Å². The van der Waals surface area contributed by atoms with E-state index < -0.39 is 12.2 Å². The molecule has 0 bridgehead atoms. The number of carbonyl (C=O) groups excluding carboxylic acids is 1. The number of aromatic nitrogens is 2. The number of para-hydroxylation sites is 1. The molecule has 1 heterocycles. The Morgan fingerprint density at radius 3 is 2.72 bits per heavy atom. The molecule has 152 valence electrons. The third-order valence-electron chi connectivity index (χ3n) is 5.80. The standard InChI is InChI=1S/C22H23F2N3O2/c1-29-18-7-3-2-6-15(18)22(10-4-5-11-22)13-25-21(28)14-8-9-16-17(12-14)27-20(26-16)19(23)24/h2-3,6-9,12,19H,4-5,10-11,13H2,1H3,(H,25,28)(H,26,27). The summed E-state index contributed by atoms with van der Waals surface area (Å²) >= 11 is 0. The van der Waals surface area contributed by atoms with E-state index in [0.717, 1.165) is 37.0 Å². The maximum absolute atomic E-state index is 12.8. The van der Waals surface area contributed by atoms with Crippen LogP contribution < -0.4 is 10.1 Å². The minimum atomic E-state index is -2.68. The fourth-order valence-electron chi connectivity index (χ4n) is 4.30. The van der Waals surface area contributed by atoms with Crippen molar-refractivity contribution in [3.05, 3.63) is 59.4 Å². The second kappa shape index (κ2) is 7.81. The molecule has 4 rings (SSSR count). The van der Waals surface area contributed by atoms with Crippen molar-refractivity contribution in [3.8, 4) is 5.75 Å². The maximum atomic E-state index is 12.8. The van der Waals surface area contributed by atoms with Crippen molar-refractivity contribution in [2.24, 2.45) is 0 Å². The van der Waals surface area contributed by atoms with Gasteiger partial charge in [0.2, 0.25) is 0 Å². The second-order valence-corrected chi connectivity index (χ2v) is 7.53. The van der Waals surface area contributed by atoms with E-state index in [0.29, 0.717) is 23.1 Å². The number of halogens is 2. The molecule has 1 aromatic heterocycles. The van der Waals surface area contributed by atoms with E-state index in [9.17, 15) is 13.6 Å². The Morgan fingerprint density at radius 2 is 2.00 bits per heavy atom. The van der Waals surface area contributed by atoms with Crippen molar-refractivity contribution in [1.29, 1.82) is 0 Å². The number of methoxy groups -OCH3 is 1. The van der Waals surface area contributed by atoms with Crippen molar-refractivity contribution in [2.45, 2.75) is 37.5 Å². The van der Waals surface area contributed by atoms with Gasteiger partial charge in [-0.1, -0.05) is 31.0 Å². The average molecular weight is 399 g/mol. The smallest absolute Gasteiger partial charge is 0.295 e. The van der Waals surface area contributed by atoms with Gasteiger partial charge in [-0.25, -0.2) is 13.8 Å². The summed E-state index contributed by atoms with van der Waals surface area (Å²) in [7, 11) is 1.66. The van der Waals surface area contributed by atoms with E-state index >= 15 is 0 Å². The predicted molar refractivity (Wildman–Crippen MR) is 107 cm³/mol. The van der Waals surface area contributed by atoms with Crippen LogP contribution in [0.15, 0.2) is 42.5 Å². The van der Waals surface area contributed by atoms with Gasteiger partial charge in [-0.05, 0) is 37.1 Å². The zero-order valence-electron chi connectivity index (χ0n) is 16.2. The van der Waals surface area contributed by atoms with E-state index in [2.05, 4.69) is 21.4 Å². The molecule has 1 aliphatic rings. The molecule has 0 spiro atoms. The second-order valence-electron chi connectivity index (χ2n) is 7.53. The molecular formula is C22H23F2N3O2. The number of amides is 1. The zero-order valence-corrected chi connectivity index (χ0v) is 16.2. The van der Waals surface area contributed by atoms with Gasteiger partial charge in [-0.15, -0.1) is 0 Å². The van der Waals surface area contributed by atoms with Gasteiger partial charge in [0.05, 0.1) is 18.1 Å². The first-order valence-electron chi connectivity index (χ1n) is 9.72. The molecular weight excluding hydrogens is 376 g/mol. The summed E-state index contributed by atoms with van der Waals surface area (Å²) in [4.78, 5) is 19.2. The van der Waals surface area contributed by atoms with Gasteiger partial charge in [0.1, 0.15) is 5.75 Å². The number of carbonyl (C=O) groups is 1. The van der Waals surface area contributed by atoms with Gasteiger partial charge in [-0.3, -0.25) is 4.79 Å². The van der Waals surface area contributed by atoms with Gasteiger partial charge in [0.15, 0.2) is 5.82 Å². The number of ether oxygens (including phenoxy) is 1. The van der Waals surface area contributed by atoms with Crippen molar-refractivity contribution in [2.75, 3.05) is 13.7 Å². The molecule has 7 heteroatoms. The molecule has 0 aliphatic heterocycles. The molecule has 3 aromatic rings. The summed E-state index contributed by atoms with van der Waals surface area (Å²) < 4.78 is 31.2. The fraction of sp³-hybridized carbons (Fsp3) is 0.364. The molecule has 2 N–H and O–H groups in total. The number of imidazole rings is 1. The summed E-state index contributed by atoms with van der Waals surface area (Å²) in [6.45, 7) is 0.496. The van der Waals surface area contributed by atoms with Crippen LogP contribution in [0.2, 0.25) is 0 Å². The molecule has 1 fully saturated rings. The number of rotatable bonds is 6. The van der Waals surface area contributed by atoms with Crippen molar-refractivity contribution >= 4 is 16.9 Å². The minimum absolute atomic E-state index is 0.163. The number of hydrogen-bond acceptors (Lipinski definition) is 3. The molecule has 29 heavy (non-hydrogen) atoms. The molecule has 0 saturated heterocycles. The first-order chi connectivity index (χ1) is 14.0. The lowest BCUT2D eigenvalue weighted by atomic mass is 9.78. The first kappa shape index (κ1) is 19.4. The van der Waals surface area contributed by atoms with Crippen LogP contribution in [0, 0.1) is 0 Å². The molecule has 0 atom stereocenters. The molecule has 1 aliphatic carbocycles. The van der Waals surface area contributed by atoms with E-state index in [-0.39, 0.29) is 11.3 Å². The summed E-state index contributed by atoms with van der Waals surface area (Å²) in [6.07, 6.45) is 1.48. The van der Waals surface area contributed by atoms with Crippen LogP contribution in [0.3, 0.4) is 0 Å². The fourth-order valence-corrected chi connectivity index (χ4v) is 4.30. The van der Waals surface area contributed by atoms with Crippen LogP contribution in [-0.4, -0.2) is 29.5 Å². The highest BCUT2D eigenvalue weighted by Crippen LogP contribution is 2.44. The number of hydrogen-bond donors (Lipinski definition) is 2. The minimum Gasteiger partial charge on any atom is -0.496 e. The molecule has 2 aromatic carbocycles. The number of benzene rings is 2. The highest BCUT2D eigenvalue weighted by Gasteiger charge is 2.38. The van der Waals surface area contributed by atoms with Crippen LogP contribution in [0.4, 0.5) is 8.78 Å². The number of nitrogens with zero attached hydrogens (tertiary/aromatic N) is 1. The van der Waals surface area contributed by atoms with Crippen molar-refractivity contribution in [1.82, 2.24) is 15.3 Å². The van der Waals surface area contributed by atoms with E-state index in [4.69, 9.17) is 4.74 Å². The summed E-state index contributed by atoms with van der Waals surface area (Å²) in [5.74, 6) is 0.210. The number of H-pyrrole nitrogens is 1. The lowest BCUT2D eigenvalue weighted by molar-refractivity contribution is 0.0943. The third-order valence-corrected chi connectivity index (χ3v) is 5.80. The van der Waals surface area contributed by atoms with Gasteiger partial charge in [0, 0.05) is 23.1 Å².